The van der Waals surface area contributed by atoms with E-state index in [9.17, 15) is 8.42 Å². The maximum Gasteiger partial charge on any atom is 0.243 e. The molecule has 0 spiro atoms. The summed E-state index contributed by atoms with van der Waals surface area (Å²) in [5.41, 5.74) is 1.75. The van der Waals surface area contributed by atoms with E-state index in [1.54, 1.807) is 16.6 Å². The lowest BCUT2D eigenvalue weighted by atomic mass is 10.2. The fourth-order valence-electron chi connectivity index (χ4n) is 2.82. The molecule has 0 aliphatic carbocycles. The van der Waals surface area contributed by atoms with Crippen LogP contribution in [0.5, 0.6) is 0 Å². The van der Waals surface area contributed by atoms with E-state index in [1.807, 2.05) is 44.2 Å². The van der Waals surface area contributed by atoms with E-state index in [2.05, 4.69) is 9.88 Å². The topological polar surface area (TPSA) is 53.5 Å². The van der Waals surface area contributed by atoms with Crippen molar-refractivity contribution in [3.63, 3.8) is 0 Å². The van der Waals surface area contributed by atoms with Gasteiger partial charge in [0.15, 0.2) is 0 Å². The highest BCUT2D eigenvalue weighted by molar-refractivity contribution is 7.89. The van der Waals surface area contributed by atoms with Crippen molar-refractivity contribution in [2.45, 2.75) is 18.7 Å². The molecule has 2 aromatic rings. The van der Waals surface area contributed by atoms with Crippen LogP contribution in [0.15, 0.2) is 47.5 Å². The van der Waals surface area contributed by atoms with Crippen molar-refractivity contribution in [3.8, 4) is 0 Å². The molecule has 1 fully saturated rings. The summed E-state index contributed by atoms with van der Waals surface area (Å²) < 4.78 is 27.4. The summed E-state index contributed by atoms with van der Waals surface area (Å²) in [6.07, 6.45) is 1.76. The predicted octanol–water partition coefficient (Wildman–Crippen LogP) is 2.21. The lowest BCUT2D eigenvalue weighted by molar-refractivity contribution is 0.383. The van der Waals surface area contributed by atoms with Gasteiger partial charge in [-0.05, 0) is 43.2 Å². The zero-order valence-corrected chi connectivity index (χ0v) is 14.3. The fraction of sp³-hybridized carbons (Fsp3) is 0.353. The number of benzene rings is 1. The first-order valence-corrected chi connectivity index (χ1v) is 9.16. The normalized spacial score (nSPS) is 16.5. The predicted molar refractivity (Wildman–Crippen MR) is 91.1 cm³/mol. The van der Waals surface area contributed by atoms with Gasteiger partial charge in [-0.1, -0.05) is 18.2 Å². The number of anilines is 1. The van der Waals surface area contributed by atoms with Gasteiger partial charge in [0.25, 0.3) is 0 Å². The van der Waals surface area contributed by atoms with E-state index in [1.165, 1.54) is 0 Å². The lowest BCUT2D eigenvalue weighted by Crippen LogP contribution is -2.49. The second-order valence-electron chi connectivity index (χ2n) is 5.85. The Kier molecular flexibility index (Phi) is 4.37. The number of rotatable bonds is 3. The van der Waals surface area contributed by atoms with Crippen LogP contribution in [-0.4, -0.2) is 43.9 Å². The summed E-state index contributed by atoms with van der Waals surface area (Å²) >= 11 is 0. The van der Waals surface area contributed by atoms with Crippen LogP contribution in [-0.2, 0) is 10.0 Å². The van der Waals surface area contributed by atoms with E-state index in [4.69, 9.17) is 0 Å². The van der Waals surface area contributed by atoms with E-state index in [-0.39, 0.29) is 0 Å². The van der Waals surface area contributed by atoms with Gasteiger partial charge in [-0.2, -0.15) is 4.31 Å². The summed E-state index contributed by atoms with van der Waals surface area (Å²) in [7, 11) is -3.43. The molecule has 0 amide bonds. The summed E-state index contributed by atoms with van der Waals surface area (Å²) in [4.78, 5) is 6.87. The Balaban J connectivity index is 1.78. The van der Waals surface area contributed by atoms with Crippen LogP contribution in [0.25, 0.3) is 0 Å². The number of aromatic nitrogens is 1. The van der Waals surface area contributed by atoms with Gasteiger partial charge in [0.2, 0.25) is 10.0 Å². The van der Waals surface area contributed by atoms with Gasteiger partial charge in [-0.3, -0.25) is 0 Å². The highest BCUT2D eigenvalue weighted by Gasteiger charge is 2.29. The molecule has 23 heavy (non-hydrogen) atoms. The van der Waals surface area contributed by atoms with Crippen molar-refractivity contribution >= 4 is 15.8 Å². The van der Waals surface area contributed by atoms with Crippen LogP contribution < -0.4 is 4.90 Å². The number of pyridine rings is 1. The Hall–Kier alpha value is -1.92. The van der Waals surface area contributed by atoms with Crippen LogP contribution in [0.1, 0.15) is 11.1 Å². The van der Waals surface area contributed by atoms with Crippen molar-refractivity contribution in [3.05, 3.63) is 53.7 Å². The van der Waals surface area contributed by atoms with Crippen molar-refractivity contribution in [1.29, 1.82) is 0 Å². The van der Waals surface area contributed by atoms with Crippen LogP contribution >= 0.6 is 0 Å². The zero-order chi connectivity index (χ0) is 16.4. The first-order chi connectivity index (χ1) is 11.0. The van der Waals surface area contributed by atoms with Crippen molar-refractivity contribution in [2.75, 3.05) is 31.1 Å². The summed E-state index contributed by atoms with van der Waals surface area (Å²) in [6.45, 7) is 6.02. The Morgan fingerprint density at radius 1 is 1.00 bits per heavy atom. The summed E-state index contributed by atoms with van der Waals surface area (Å²) in [5.74, 6) is 0.899. The highest BCUT2D eigenvalue weighted by Crippen LogP contribution is 2.23. The van der Waals surface area contributed by atoms with E-state index in [0.29, 0.717) is 31.1 Å². The number of aryl methyl sites for hydroxylation is 2. The largest absolute Gasteiger partial charge is 0.354 e. The zero-order valence-electron chi connectivity index (χ0n) is 13.4. The molecule has 2 heterocycles. The van der Waals surface area contributed by atoms with Crippen LogP contribution in [0.2, 0.25) is 0 Å². The number of sulfonamides is 1. The highest BCUT2D eigenvalue weighted by atomic mass is 32.2. The number of hydrogen-bond acceptors (Lipinski definition) is 4. The molecular formula is C17H21N3O2S. The Bertz CT molecular complexity index is 783. The minimum atomic E-state index is -3.43. The molecule has 1 aromatic heterocycles. The van der Waals surface area contributed by atoms with Crippen LogP contribution in [0.4, 0.5) is 5.82 Å². The minimum Gasteiger partial charge on any atom is -0.354 e. The van der Waals surface area contributed by atoms with Gasteiger partial charge in [0.05, 0.1) is 4.90 Å². The fourth-order valence-corrected chi connectivity index (χ4v) is 4.55. The minimum absolute atomic E-state index is 0.420. The molecule has 0 N–H and O–H groups in total. The van der Waals surface area contributed by atoms with Gasteiger partial charge in [0.1, 0.15) is 5.82 Å². The third-order valence-corrected chi connectivity index (χ3v) is 6.21. The second kappa shape index (κ2) is 6.29. The average Bonchev–Trinajstić information content (AvgIpc) is 2.58. The van der Waals surface area contributed by atoms with E-state index < -0.39 is 10.0 Å². The Morgan fingerprint density at radius 3 is 2.39 bits per heavy atom. The van der Waals surface area contributed by atoms with Crippen LogP contribution in [0, 0.1) is 13.8 Å². The first kappa shape index (κ1) is 16.0. The molecule has 6 heteroatoms. The Labute approximate surface area is 137 Å². The molecule has 5 nitrogen and oxygen atoms in total. The SMILES string of the molecule is Cc1ccc(C)c(S(=O)(=O)N2CCN(c3ccccn3)CC2)c1. The lowest BCUT2D eigenvalue weighted by Gasteiger charge is -2.34. The maximum absolute atomic E-state index is 12.9. The first-order valence-electron chi connectivity index (χ1n) is 7.72. The third kappa shape index (κ3) is 3.23. The molecular weight excluding hydrogens is 310 g/mol. The van der Waals surface area contributed by atoms with Gasteiger partial charge >= 0.3 is 0 Å². The van der Waals surface area contributed by atoms with E-state index >= 15 is 0 Å². The molecule has 1 aromatic carbocycles. The average molecular weight is 331 g/mol. The molecule has 0 atom stereocenters. The molecule has 3 rings (SSSR count). The van der Waals surface area contributed by atoms with Gasteiger partial charge in [-0.15, -0.1) is 0 Å². The van der Waals surface area contributed by atoms with Crippen molar-refractivity contribution < 1.29 is 8.42 Å². The van der Waals surface area contributed by atoms with Gasteiger partial charge < -0.3 is 4.90 Å². The maximum atomic E-state index is 12.9. The van der Waals surface area contributed by atoms with Crippen molar-refractivity contribution in [2.24, 2.45) is 0 Å². The Morgan fingerprint density at radius 2 is 1.74 bits per heavy atom. The molecule has 1 saturated heterocycles. The number of nitrogens with zero attached hydrogens (tertiary/aromatic N) is 3. The molecule has 122 valence electrons. The smallest absolute Gasteiger partial charge is 0.243 e. The van der Waals surface area contributed by atoms with Gasteiger partial charge in [0, 0.05) is 32.4 Å². The monoisotopic (exact) mass is 331 g/mol. The standard InChI is InChI=1S/C17H21N3O2S/c1-14-6-7-15(2)16(13-14)23(21,22)20-11-9-19(10-12-20)17-5-3-4-8-18-17/h3-8,13H,9-12H2,1-2H3. The molecule has 0 unspecified atom stereocenters. The van der Waals surface area contributed by atoms with Crippen LogP contribution in [0.3, 0.4) is 0 Å². The number of hydrogen-bond donors (Lipinski definition) is 0. The quantitative estimate of drug-likeness (QED) is 0.865. The summed E-state index contributed by atoms with van der Waals surface area (Å²) in [5, 5.41) is 0. The molecule has 0 saturated carbocycles. The third-order valence-electron chi connectivity index (χ3n) is 4.17. The number of piperazine rings is 1. The van der Waals surface area contributed by atoms with Gasteiger partial charge in [-0.25, -0.2) is 13.4 Å². The second-order valence-corrected chi connectivity index (χ2v) is 7.75. The van der Waals surface area contributed by atoms with E-state index in [0.717, 1.165) is 16.9 Å². The molecule has 0 bridgehead atoms. The molecule has 1 aliphatic rings. The molecule has 1 aliphatic heterocycles. The summed E-state index contributed by atoms with van der Waals surface area (Å²) in [6, 6.07) is 11.3. The van der Waals surface area contributed by atoms with Crippen molar-refractivity contribution in [1.82, 2.24) is 9.29 Å². The molecule has 0 radical (unpaired) electrons.